The van der Waals surface area contributed by atoms with Gasteiger partial charge in [-0.05, 0) is 44.5 Å². The third-order valence-corrected chi connectivity index (χ3v) is 8.75. The van der Waals surface area contributed by atoms with Crippen LogP contribution in [0.1, 0.15) is 28.2 Å². The maximum absolute atomic E-state index is 12.3. The molecule has 2 aliphatic rings. The highest BCUT2D eigenvalue weighted by atomic mass is 32.2. The number of hydrogen-bond acceptors (Lipinski definition) is 10. The van der Waals surface area contributed by atoms with E-state index < -0.39 is 10.0 Å². The van der Waals surface area contributed by atoms with Gasteiger partial charge >= 0.3 is 0 Å². The molecule has 0 amide bonds. The highest BCUT2D eigenvalue weighted by Crippen LogP contribution is 2.42. The molecule has 0 radical (unpaired) electrons. The maximum Gasteiger partial charge on any atom is 0.270 e. The Kier molecular flexibility index (Phi) is 6.20. The largest absolute Gasteiger partial charge is 0.414 e. The number of nitrogens with zero attached hydrogens (tertiary/aromatic N) is 6. The van der Waals surface area contributed by atoms with Gasteiger partial charge in [-0.2, -0.15) is 0 Å². The predicted octanol–water partition coefficient (Wildman–Crippen LogP) is 2.24. The van der Waals surface area contributed by atoms with Crippen LogP contribution in [0, 0.1) is 5.41 Å². The molecule has 2 aromatic heterocycles. The normalized spacial score (nSPS) is 20.8. The zero-order valence-electron chi connectivity index (χ0n) is 19.9. The second kappa shape index (κ2) is 9.17. The van der Waals surface area contributed by atoms with Crippen molar-refractivity contribution in [3.8, 4) is 23.0 Å². The van der Waals surface area contributed by atoms with Gasteiger partial charge in [-0.1, -0.05) is 12.1 Å². The summed E-state index contributed by atoms with van der Waals surface area (Å²) in [5.41, 5.74) is 8.35. The zero-order valence-corrected chi connectivity index (χ0v) is 20.8. The van der Waals surface area contributed by atoms with Crippen molar-refractivity contribution in [2.24, 2.45) is 5.41 Å². The van der Waals surface area contributed by atoms with Gasteiger partial charge in [0.1, 0.15) is 5.82 Å². The molecule has 4 heterocycles. The van der Waals surface area contributed by atoms with E-state index in [-0.39, 0.29) is 25.7 Å². The predicted molar refractivity (Wildman–Crippen MR) is 137 cm³/mol. The number of rotatable bonds is 7. The smallest absolute Gasteiger partial charge is 0.270 e. The molecule has 2 saturated heterocycles. The highest BCUT2D eigenvalue weighted by molar-refractivity contribution is 7.89. The molecule has 12 heteroatoms. The van der Waals surface area contributed by atoms with Crippen LogP contribution in [0.4, 0.5) is 11.6 Å². The number of aromatic nitrogens is 4. The van der Waals surface area contributed by atoms with Gasteiger partial charge in [0, 0.05) is 46.6 Å². The summed E-state index contributed by atoms with van der Waals surface area (Å²) >= 11 is 0. The third-order valence-electron chi connectivity index (χ3n) is 6.92. The first-order valence-electron chi connectivity index (χ1n) is 11.8. The Labute approximate surface area is 207 Å². The number of nitrogens with two attached hydrogens (primary N) is 1. The van der Waals surface area contributed by atoms with E-state index in [0.29, 0.717) is 30.5 Å². The van der Waals surface area contributed by atoms with Crippen molar-refractivity contribution in [1.29, 1.82) is 0 Å². The SMILES string of the molecule is CCS(=O)(=O)N1CCC2(CCN(c3cnc(N)c(-c4nnc(-c5ccc(CNC)cc5)o4)n3)C2)C1.[HH].[HH]. The van der Waals surface area contributed by atoms with Crippen molar-refractivity contribution in [3.63, 3.8) is 0 Å². The van der Waals surface area contributed by atoms with Gasteiger partial charge in [0.05, 0.1) is 11.9 Å². The lowest BCUT2D eigenvalue weighted by atomic mass is 9.87. The lowest BCUT2D eigenvalue weighted by molar-refractivity contribution is 0.341. The molecule has 3 aromatic rings. The molecular weight excluding hydrogens is 468 g/mol. The Bertz CT molecular complexity index is 1320. The monoisotopic (exact) mass is 502 g/mol. The van der Waals surface area contributed by atoms with Crippen LogP contribution in [0.15, 0.2) is 34.9 Å². The van der Waals surface area contributed by atoms with Crippen LogP contribution in [0.5, 0.6) is 0 Å². The van der Waals surface area contributed by atoms with Gasteiger partial charge in [-0.15, -0.1) is 10.2 Å². The van der Waals surface area contributed by atoms with Gasteiger partial charge in [0.2, 0.25) is 15.9 Å². The summed E-state index contributed by atoms with van der Waals surface area (Å²) in [5, 5.41) is 11.5. The fraction of sp³-hybridized carbons (Fsp3) is 0.478. The summed E-state index contributed by atoms with van der Waals surface area (Å²) in [6.07, 6.45) is 3.39. The summed E-state index contributed by atoms with van der Waals surface area (Å²) in [7, 11) is -1.28. The second-order valence-corrected chi connectivity index (χ2v) is 11.5. The molecule has 1 spiro atoms. The first-order valence-corrected chi connectivity index (χ1v) is 13.4. The molecule has 190 valence electrons. The van der Waals surface area contributed by atoms with Gasteiger partial charge in [-0.3, -0.25) is 0 Å². The zero-order chi connectivity index (χ0) is 24.6. The second-order valence-electron chi connectivity index (χ2n) is 9.26. The van der Waals surface area contributed by atoms with Gasteiger partial charge in [0.25, 0.3) is 5.89 Å². The van der Waals surface area contributed by atoms with Gasteiger partial charge < -0.3 is 20.4 Å². The summed E-state index contributed by atoms with van der Waals surface area (Å²) in [6.45, 7) is 5.08. The Morgan fingerprint density at radius 3 is 2.63 bits per heavy atom. The van der Waals surface area contributed by atoms with Crippen molar-refractivity contribution in [1.82, 2.24) is 29.8 Å². The Morgan fingerprint density at radius 1 is 1.14 bits per heavy atom. The molecule has 1 unspecified atom stereocenters. The van der Waals surface area contributed by atoms with E-state index in [4.69, 9.17) is 15.1 Å². The molecule has 0 aliphatic carbocycles. The van der Waals surface area contributed by atoms with E-state index in [0.717, 1.165) is 43.6 Å². The molecule has 2 fully saturated rings. The van der Waals surface area contributed by atoms with Crippen LogP contribution in [0.2, 0.25) is 0 Å². The van der Waals surface area contributed by atoms with E-state index in [2.05, 4.69) is 25.4 Å². The molecule has 3 N–H and O–H groups in total. The van der Waals surface area contributed by atoms with Crippen molar-refractivity contribution >= 4 is 21.7 Å². The summed E-state index contributed by atoms with van der Waals surface area (Å²) in [5.74, 6) is 1.60. The van der Waals surface area contributed by atoms with Crippen molar-refractivity contribution in [2.75, 3.05) is 49.6 Å². The fourth-order valence-electron chi connectivity index (χ4n) is 4.88. The quantitative estimate of drug-likeness (QED) is 0.493. The average molecular weight is 503 g/mol. The lowest BCUT2D eigenvalue weighted by Gasteiger charge is -2.25. The van der Waals surface area contributed by atoms with Crippen LogP contribution in [0.25, 0.3) is 23.0 Å². The van der Waals surface area contributed by atoms with E-state index in [1.807, 2.05) is 31.3 Å². The Morgan fingerprint density at radius 2 is 1.89 bits per heavy atom. The Balaban J connectivity index is 0.00000190. The van der Waals surface area contributed by atoms with Crippen LogP contribution in [0.3, 0.4) is 0 Å². The average Bonchev–Trinajstić information content (AvgIpc) is 3.61. The van der Waals surface area contributed by atoms with E-state index in [1.54, 1.807) is 17.4 Å². The maximum atomic E-state index is 12.3. The fourth-order valence-corrected chi connectivity index (χ4v) is 6.09. The minimum atomic E-state index is -3.18. The standard InChI is InChI=1S/C23H30N8O3S.2H2/c1-3-35(32,33)31-11-9-23(15-31)8-10-30(14-23)18-13-26-20(24)19(27-18)22-29-28-21(34-22)17-6-4-16(5-7-17)12-25-2;;/h4-7,13,25H,3,8-12,14-15H2,1-2H3,(H2,24,26);2*1H. The van der Waals surface area contributed by atoms with E-state index >= 15 is 0 Å². The van der Waals surface area contributed by atoms with Crippen LogP contribution >= 0.6 is 0 Å². The summed E-state index contributed by atoms with van der Waals surface area (Å²) in [6, 6.07) is 7.87. The van der Waals surface area contributed by atoms with Crippen molar-refractivity contribution in [3.05, 3.63) is 36.0 Å². The topological polar surface area (TPSA) is 143 Å². The van der Waals surface area contributed by atoms with Crippen LogP contribution in [-0.2, 0) is 16.6 Å². The summed E-state index contributed by atoms with van der Waals surface area (Å²) in [4.78, 5) is 11.2. The molecule has 1 atom stereocenters. The minimum Gasteiger partial charge on any atom is -0.414 e. The first-order chi connectivity index (χ1) is 16.8. The van der Waals surface area contributed by atoms with Crippen molar-refractivity contribution in [2.45, 2.75) is 26.3 Å². The molecule has 1 aromatic carbocycles. The molecule has 0 saturated carbocycles. The van der Waals surface area contributed by atoms with Crippen LogP contribution in [-0.4, -0.2) is 71.9 Å². The third kappa shape index (κ3) is 4.60. The van der Waals surface area contributed by atoms with Crippen molar-refractivity contribution < 1.29 is 15.7 Å². The number of nitrogen functional groups attached to an aromatic ring is 1. The number of hydrogen-bond donors (Lipinski definition) is 2. The number of anilines is 2. The molecular formula is C23H34N8O3S. The van der Waals surface area contributed by atoms with Gasteiger partial charge in [-0.25, -0.2) is 22.7 Å². The molecule has 5 rings (SSSR count). The molecule has 0 bridgehead atoms. The number of sulfonamides is 1. The lowest BCUT2D eigenvalue weighted by Crippen LogP contribution is -2.35. The molecule has 2 aliphatic heterocycles. The number of nitrogens with one attached hydrogen (secondary N) is 1. The first kappa shape index (κ1) is 23.6. The molecule has 11 nitrogen and oxygen atoms in total. The Hall–Kier alpha value is -3.09. The van der Waals surface area contributed by atoms with Gasteiger partial charge in [0.15, 0.2) is 11.5 Å². The van der Waals surface area contributed by atoms with Crippen LogP contribution < -0.4 is 16.0 Å². The van der Waals surface area contributed by atoms with E-state index in [9.17, 15) is 8.42 Å². The summed E-state index contributed by atoms with van der Waals surface area (Å²) < 4.78 is 32.2. The van der Waals surface area contributed by atoms with E-state index in [1.165, 1.54) is 0 Å². The highest BCUT2D eigenvalue weighted by Gasteiger charge is 2.46. The minimum absolute atomic E-state index is 0. The number of benzene rings is 1. The molecule has 35 heavy (non-hydrogen) atoms.